The maximum atomic E-state index is 12.7. The van der Waals surface area contributed by atoms with Gasteiger partial charge in [-0.05, 0) is 63.0 Å². The fourth-order valence-electron chi connectivity index (χ4n) is 3.83. The minimum Gasteiger partial charge on any atom is -0.347 e. The van der Waals surface area contributed by atoms with Crippen LogP contribution in [0.2, 0.25) is 5.15 Å². The van der Waals surface area contributed by atoms with Crippen molar-refractivity contribution in [2.75, 3.05) is 13.1 Å². The molecule has 5 rings (SSSR count). The smallest absolute Gasteiger partial charge is 0.261 e. The van der Waals surface area contributed by atoms with E-state index in [1.807, 2.05) is 24.3 Å². The third kappa shape index (κ3) is 3.72. The Bertz CT molecular complexity index is 771. The number of rotatable bonds is 4. The molecule has 0 aromatic carbocycles. The molecule has 3 fully saturated rings. The number of amides is 1. The molecular weight excluding hydrogens is 374 g/mol. The molecule has 0 unspecified atom stereocenters. The van der Waals surface area contributed by atoms with E-state index in [1.54, 1.807) is 18.0 Å². The Labute approximate surface area is 161 Å². The van der Waals surface area contributed by atoms with Crippen molar-refractivity contribution in [2.24, 2.45) is 5.92 Å². The number of piperidine rings is 3. The van der Waals surface area contributed by atoms with Gasteiger partial charge in [0.2, 0.25) is 0 Å². The number of nitrogens with one attached hydrogen (secondary N) is 1. The molecule has 0 aliphatic carbocycles. The van der Waals surface area contributed by atoms with Crippen LogP contribution in [0, 0.1) is 5.92 Å². The van der Waals surface area contributed by atoms with Gasteiger partial charge in [0.1, 0.15) is 5.15 Å². The number of nitrogens with zero attached hydrogens (tertiary/aromatic N) is 2. The van der Waals surface area contributed by atoms with E-state index in [2.05, 4.69) is 22.1 Å². The van der Waals surface area contributed by atoms with Crippen LogP contribution in [0.15, 0.2) is 39.6 Å². The zero-order valence-corrected chi connectivity index (χ0v) is 16.3. The molecule has 0 radical (unpaired) electrons. The van der Waals surface area contributed by atoms with Crippen molar-refractivity contribution in [3.05, 3.63) is 40.5 Å². The second-order valence-electron chi connectivity index (χ2n) is 6.65. The van der Waals surface area contributed by atoms with Gasteiger partial charge in [-0.25, -0.2) is 4.98 Å². The fraction of sp³-hybridized carbons (Fsp3) is 0.444. The monoisotopic (exact) mass is 393 g/mol. The Morgan fingerprint density at radius 2 is 2.16 bits per heavy atom. The van der Waals surface area contributed by atoms with Crippen molar-refractivity contribution in [2.45, 2.75) is 41.0 Å². The molecule has 0 saturated carbocycles. The van der Waals surface area contributed by atoms with Crippen LogP contribution in [0.25, 0.3) is 0 Å². The van der Waals surface area contributed by atoms with Gasteiger partial charge >= 0.3 is 0 Å². The van der Waals surface area contributed by atoms with Crippen molar-refractivity contribution in [3.8, 4) is 0 Å². The van der Waals surface area contributed by atoms with Crippen LogP contribution >= 0.6 is 34.7 Å². The van der Waals surface area contributed by atoms with Crippen LogP contribution in [0.3, 0.4) is 0 Å². The maximum absolute atomic E-state index is 12.7. The van der Waals surface area contributed by atoms with Crippen LogP contribution in [0.4, 0.5) is 0 Å². The lowest BCUT2D eigenvalue weighted by atomic mass is 9.79. The van der Waals surface area contributed by atoms with E-state index in [0.717, 1.165) is 14.0 Å². The van der Waals surface area contributed by atoms with Gasteiger partial charge in [-0.1, -0.05) is 23.4 Å². The number of fused-ring (bicyclic) bond motifs is 3. The molecule has 3 aliphatic rings. The van der Waals surface area contributed by atoms with Crippen LogP contribution in [-0.2, 0) is 0 Å². The van der Waals surface area contributed by atoms with Gasteiger partial charge in [-0.3, -0.25) is 9.69 Å². The highest BCUT2D eigenvalue weighted by molar-refractivity contribution is 8.01. The van der Waals surface area contributed by atoms with E-state index < -0.39 is 0 Å². The van der Waals surface area contributed by atoms with Crippen molar-refractivity contribution < 1.29 is 4.79 Å². The lowest BCUT2D eigenvalue weighted by Gasteiger charge is -2.49. The molecule has 1 amide bonds. The highest BCUT2D eigenvalue weighted by Crippen LogP contribution is 2.35. The van der Waals surface area contributed by atoms with Gasteiger partial charge < -0.3 is 5.32 Å². The van der Waals surface area contributed by atoms with E-state index in [-0.39, 0.29) is 11.9 Å². The van der Waals surface area contributed by atoms with E-state index >= 15 is 0 Å². The third-order valence-electron chi connectivity index (χ3n) is 5.20. The molecule has 4 nitrogen and oxygen atoms in total. The van der Waals surface area contributed by atoms with E-state index in [0.29, 0.717) is 17.1 Å². The summed E-state index contributed by atoms with van der Waals surface area (Å²) in [5.41, 5.74) is 0. The number of carbonyl (C=O) groups is 1. The minimum absolute atomic E-state index is 0.0511. The van der Waals surface area contributed by atoms with Gasteiger partial charge in [0, 0.05) is 23.2 Å². The largest absolute Gasteiger partial charge is 0.347 e. The van der Waals surface area contributed by atoms with Gasteiger partial charge in [-0.2, -0.15) is 0 Å². The van der Waals surface area contributed by atoms with Crippen LogP contribution in [0.1, 0.15) is 29.4 Å². The first-order valence-electron chi connectivity index (χ1n) is 8.54. The molecule has 1 N–H and O–H groups in total. The Morgan fingerprint density at radius 1 is 1.36 bits per heavy atom. The number of pyridine rings is 1. The number of hydrogen-bond acceptors (Lipinski definition) is 5. The highest BCUT2D eigenvalue weighted by atomic mass is 35.5. The summed E-state index contributed by atoms with van der Waals surface area (Å²) >= 11 is 9.06. The summed E-state index contributed by atoms with van der Waals surface area (Å²) in [4.78, 5) is 21.0. The fourth-order valence-corrected chi connectivity index (χ4v) is 6.10. The normalized spacial score (nSPS) is 28.1. The van der Waals surface area contributed by atoms with Gasteiger partial charge in [0.15, 0.2) is 0 Å². The van der Waals surface area contributed by atoms with Crippen molar-refractivity contribution >= 4 is 40.6 Å². The molecule has 5 heterocycles. The van der Waals surface area contributed by atoms with Gasteiger partial charge in [-0.15, -0.1) is 11.3 Å². The van der Waals surface area contributed by atoms with Crippen molar-refractivity contribution in [1.29, 1.82) is 0 Å². The summed E-state index contributed by atoms with van der Waals surface area (Å²) in [7, 11) is 0. The standard InChI is InChI=1S/C18H20ClN3OS2/c1-11-17(12-5-8-22(11)9-6-12)21-18(23)14-2-3-16(25-14)24-13-4-7-20-15(19)10-13/h2-4,7,10-12,17H,5-6,8-9H2,1H3,(H,21,23)/t11-,17+/m1/s1. The molecule has 2 aromatic heterocycles. The Balaban J connectivity index is 1.42. The summed E-state index contributed by atoms with van der Waals surface area (Å²) in [5, 5.41) is 3.77. The summed E-state index contributed by atoms with van der Waals surface area (Å²) < 4.78 is 1.08. The molecule has 25 heavy (non-hydrogen) atoms. The summed E-state index contributed by atoms with van der Waals surface area (Å²) in [6, 6.07) is 8.37. The van der Waals surface area contributed by atoms with Crippen LogP contribution in [0.5, 0.6) is 0 Å². The maximum Gasteiger partial charge on any atom is 0.261 e. The Hall–Kier alpha value is -1.08. The lowest BCUT2D eigenvalue weighted by Crippen LogP contribution is -2.62. The van der Waals surface area contributed by atoms with E-state index in [1.165, 1.54) is 37.3 Å². The molecule has 132 valence electrons. The first kappa shape index (κ1) is 17.3. The third-order valence-corrected chi connectivity index (χ3v) is 7.61. The quantitative estimate of drug-likeness (QED) is 0.792. The average Bonchev–Trinajstić information content (AvgIpc) is 3.07. The molecular formula is C18H20ClN3OS2. The summed E-state index contributed by atoms with van der Waals surface area (Å²) in [6.45, 7) is 4.58. The number of halogens is 1. The van der Waals surface area contributed by atoms with E-state index in [9.17, 15) is 4.79 Å². The first-order valence-corrected chi connectivity index (χ1v) is 10.6. The second kappa shape index (κ2) is 7.27. The van der Waals surface area contributed by atoms with E-state index in [4.69, 9.17) is 11.6 Å². The zero-order valence-electron chi connectivity index (χ0n) is 13.9. The predicted octanol–water partition coefficient (Wildman–Crippen LogP) is 4.16. The van der Waals surface area contributed by atoms with Crippen molar-refractivity contribution in [1.82, 2.24) is 15.2 Å². The van der Waals surface area contributed by atoms with Gasteiger partial charge in [0.25, 0.3) is 5.91 Å². The minimum atomic E-state index is 0.0511. The molecule has 2 aromatic rings. The van der Waals surface area contributed by atoms with Crippen molar-refractivity contribution in [3.63, 3.8) is 0 Å². The predicted molar refractivity (Wildman–Crippen MR) is 103 cm³/mol. The highest BCUT2D eigenvalue weighted by Gasteiger charge is 2.40. The summed E-state index contributed by atoms with van der Waals surface area (Å²) in [5.74, 6) is 0.673. The second-order valence-corrected chi connectivity index (χ2v) is 9.49. The Kier molecular flexibility index (Phi) is 5.04. The molecule has 3 aliphatic heterocycles. The molecule has 3 saturated heterocycles. The average molecular weight is 394 g/mol. The number of hydrogen-bond donors (Lipinski definition) is 1. The van der Waals surface area contributed by atoms with Crippen LogP contribution < -0.4 is 5.32 Å². The summed E-state index contributed by atoms with van der Waals surface area (Å²) in [6.07, 6.45) is 4.09. The van der Waals surface area contributed by atoms with Crippen LogP contribution in [-0.4, -0.2) is 41.0 Å². The topological polar surface area (TPSA) is 45.2 Å². The Morgan fingerprint density at radius 3 is 2.88 bits per heavy atom. The SMILES string of the molecule is C[C@@H]1[C@H](NC(=O)c2ccc(Sc3ccnc(Cl)c3)s2)C2CCN1CC2. The molecule has 2 bridgehead atoms. The molecule has 0 spiro atoms. The zero-order chi connectivity index (χ0) is 17.4. The number of thiophene rings is 1. The number of carbonyl (C=O) groups excluding carboxylic acids is 1. The number of aromatic nitrogens is 1. The first-order chi connectivity index (χ1) is 12.1. The lowest BCUT2D eigenvalue weighted by molar-refractivity contribution is 0.0218. The molecule has 2 atom stereocenters. The molecule has 7 heteroatoms. The van der Waals surface area contributed by atoms with Gasteiger partial charge in [0.05, 0.1) is 9.09 Å².